The molecule has 0 unspecified atom stereocenters. The molecule has 5 heteroatoms. The molecule has 4 aromatic carbocycles. The number of hydrogen-bond donors (Lipinski definition) is 2. The van der Waals surface area contributed by atoms with Crippen LogP contribution in [0.1, 0.15) is 20.7 Å². The van der Waals surface area contributed by atoms with Gasteiger partial charge in [-0.2, -0.15) is 0 Å². The van der Waals surface area contributed by atoms with E-state index in [4.69, 9.17) is 9.84 Å². The van der Waals surface area contributed by atoms with Gasteiger partial charge in [0.05, 0.1) is 11.1 Å². The van der Waals surface area contributed by atoms with Gasteiger partial charge in [0.15, 0.2) is 0 Å². The largest absolute Gasteiger partial charge is 0.508 e. The number of carbonyl (C=O) groups is 2. The summed E-state index contributed by atoms with van der Waals surface area (Å²) in [5.74, 6) is -0.940. The van der Waals surface area contributed by atoms with Crippen LogP contribution in [0.5, 0.6) is 11.5 Å². The van der Waals surface area contributed by atoms with Gasteiger partial charge in [-0.15, -0.1) is 0 Å². The van der Waals surface area contributed by atoms with Crippen molar-refractivity contribution in [1.82, 2.24) is 0 Å². The van der Waals surface area contributed by atoms with Crippen LogP contribution in [-0.2, 0) is 0 Å². The molecule has 2 N–H and O–H groups in total. The number of rotatable bonds is 3. The highest BCUT2D eigenvalue weighted by molar-refractivity contribution is 5.98. The van der Waals surface area contributed by atoms with Crippen molar-refractivity contribution in [1.29, 1.82) is 0 Å². The Bertz CT molecular complexity index is 1210. The molecule has 27 heavy (non-hydrogen) atoms. The Balaban J connectivity index is 1.61. The lowest BCUT2D eigenvalue weighted by molar-refractivity contribution is 0.0694. The van der Waals surface area contributed by atoms with E-state index in [1.165, 1.54) is 6.07 Å². The van der Waals surface area contributed by atoms with Gasteiger partial charge in [0.25, 0.3) is 0 Å². The minimum Gasteiger partial charge on any atom is -0.508 e. The second kappa shape index (κ2) is 6.46. The molecule has 0 saturated heterocycles. The van der Waals surface area contributed by atoms with Gasteiger partial charge in [0.2, 0.25) is 0 Å². The van der Waals surface area contributed by atoms with Gasteiger partial charge in [0, 0.05) is 0 Å². The third-order valence-corrected chi connectivity index (χ3v) is 4.33. The van der Waals surface area contributed by atoms with E-state index in [2.05, 4.69) is 0 Å². The molecule has 0 aliphatic carbocycles. The van der Waals surface area contributed by atoms with Crippen molar-refractivity contribution in [3.05, 3.63) is 83.9 Å². The molecule has 0 radical (unpaired) electrons. The number of carboxylic acid groups (broad SMARTS) is 1. The number of aromatic carboxylic acids is 1. The summed E-state index contributed by atoms with van der Waals surface area (Å²) in [7, 11) is 0. The van der Waals surface area contributed by atoms with Crippen molar-refractivity contribution in [2.45, 2.75) is 0 Å². The number of carboxylic acids is 1. The SMILES string of the molecule is O=C(O)c1ccc2cc(OC(=O)c3ccc4cc(O)ccc4c3)ccc2c1. The van der Waals surface area contributed by atoms with E-state index in [0.717, 1.165) is 21.5 Å². The number of aromatic hydroxyl groups is 1. The molecular formula is C22H14O5. The minimum atomic E-state index is -0.989. The number of phenols is 1. The van der Waals surface area contributed by atoms with Gasteiger partial charge in [0.1, 0.15) is 11.5 Å². The number of benzene rings is 4. The van der Waals surface area contributed by atoms with E-state index in [1.54, 1.807) is 66.7 Å². The summed E-state index contributed by atoms with van der Waals surface area (Å²) in [4.78, 5) is 23.5. The first-order valence-corrected chi connectivity index (χ1v) is 8.22. The molecule has 132 valence electrons. The molecule has 5 nitrogen and oxygen atoms in total. The van der Waals surface area contributed by atoms with E-state index in [-0.39, 0.29) is 11.3 Å². The lowest BCUT2D eigenvalue weighted by atomic mass is 10.1. The highest BCUT2D eigenvalue weighted by Crippen LogP contribution is 2.25. The van der Waals surface area contributed by atoms with E-state index in [0.29, 0.717) is 11.3 Å². The molecule has 0 aliphatic heterocycles. The normalized spacial score (nSPS) is 10.8. The van der Waals surface area contributed by atoms with Crippen molar-refractivity contribution in [3.63, 3.8) is 0 Å². The van der Waals surface area contributed by atoms with Gasteiger partial charge < -0.3 is 14.9 Å². The van der Waals surface area contributed by atoms with Crippen LogP contribution >= 0.6 is 0 Å². The number of ether oxygens (including phenoxy) is 1. The molecule has 0 spiro atoms. The zero-order valence-corrected chi connectivity index (χ0v) is 14.0. The zero-order chi connectivity index (χ0) is 19.0. The first kappa shape index (κ1) is 16.6. The second-order valence-corrected chi connectivity index (χ2v) is 6.16. The number of hydrogen-bond acceptors (Lipinski definition) is 4. The highest BCUT2D eigenvalue weighted by atomic mass is 16.5. The van der Waals surface area contributed by atoms with Crippen LogP contribution in [0.25, 0.3) is 21.5 Å². The highest BCUT2D eigenvalue weighted by Gasteiger charge is 2.11. The van der Waals surface area contributed by atoms with Gasteiger partial charge in [-0.25, -0.2) is 9.59 Å². The number of carbonyl (C=O) groups excluding carboxylic acids is 1. The predicted molar refractivity (Wildman–Crippen MR) is 101 cm³/mol. The first-order chi connectivity index (χ1) is 13.0. The smallest absolute Gasteiger partial charge is 0.343 e. The summed E-state index contributed by atoms with van der Waals surface area (Å²) >= 11 is 0. The summed E-state index contributed by atoms with van der Waals surface area (Å²) < 4.78 is 5.45. The van der Waals surface area contributed by atoms with Crippen molar-refractivity contribution < 1.29 is 24.5 Å². The Morgan fingerprint density at radius 2 is 1.22 bits per heavy atom. The van der Waals surface area contributed by atoms with E-state index in [1.807, 2.05) is 0 Å². The van der Waals surface area contributed by atoms with E-state index >= 15 is 0 Å². The zero-order valence-electron chi connectivity index (χ0n) is 14.0. The van der Waals surface area contributed by atoms with Crippen LogP contribution in [-0.4, -0.2) is 22.2 Å². The van der Waals surface area contributed by atoms with Gasteiger partial charge in [-0.05, 0) is 70.1 Å². The van der Waals surface area contributed by atoms with Crippen LogP contribution in [0.3, 0.4) is 0 Å². The molecule has 0 bridgehead atoms. The molecule has 0 fully saturated rings. The summed E-state index contributed by atoms with van der Waals surface area (Å²) in [5, 5.41) is 21.7. The fourth-order valence-corrected chi connectivity index (χ4v) is 2.95. The fourth-order valence-electron chi connectivity index (χ4n) is 2.95. The molecule has 0 saturated carbocycles. The summed E-state index contributed by atoms with van der Waals surface area (Å²) in [6.45, 7) is 0. The third-order valence-electron chi connectivity index (χ3n) is 4.33. The number of phenolic OH excluding ortho intramolecular Hbond substituents is 1. The maximum atomic E-state index is 12.5. The topological polar surface area (TPSA) is 83.8 Å². The second-order valence-electron chi connectivity index (χ2n) is 6.16. The Morgan fingerprint density at radius 1 is 0.667 bits per heavy atom. The van der Waals surface area contributed by atoms with Crippen LogP contribution in [0.15, 0.2) is 72.8 Å². The standard InChI is InChI=1S/C22H14O5/c23-19-7-5-13-10-18(4-2-15(13)11-19)22(26)27-20-8-6-14-9-17(21(24)25)3-1-16(14)12-20/h1-12,23H,(H,24,25). The summed E-state index contributed by atoms with van der Waals surface area (Å²) in [6, 6.07) is 19.8. The van der Waals surface area contributed by atoms with Crippen LogP contribution in [0.2, 0.25) is 0 Å². The van der Waals surface area contributed by atoms with Crippen molar-refractivity contribution in [3.8, 4) is 11.5 Å². The monoisotopic (exact) mass is 358 g/mol. The number of esters is 1. The summed E-state index contributed by atoms with van der Waals surface area (Å²) in [6.07, 6.45) is 0. The lowest BCUT2D eigenvalue weighted by Crippen LogP contribution is -2.08. The van der Waals surface area contributed by atoms with Crippen molar-refractivity contribution in [2.75, 3.05) is 0 Å². The summed E-state index contributed by atoms with van der Waals surface area (Å²) in [5.41, 5.74) is 0.601. The molecule has 0 aliphatic rings. The molecule has 0 amide bonds. The Labute approximate surface area is 154 Å². The van der Waals surface area contributed by atoms with Crippen LogP contribution in [0.4, 0.5) is 0 Å². The van der Waals surface area contributed by atoms with Crippen LogP contribution in [0, 0.1) is 0 Å². The molecule has 4 rings (SSSR count). The molecular weight excluding hydrogens is 344 g/mol. The Hall–Kier alpha value is -3.86. The van der Waals surface area contributed by atoms with Gasteiger partial charge in [-0.3, -0.25) is 0 Å². The average molecular weight is 358 g/mol. The van der Waals surface area contributed by atoms with Gasteiger partial charge >= 0.3 is 11.9 Å². The fraction of sp³-hybridized carbons (Fsp3) is 0. The molecule has 0 atom stereocenters. The number of fused-ring (bicyclic) bond motifs is 2. The Morgan fingerprint density at radius 3 is 1.96 bits per heavy atom. The minimum absolute atomic E-state index is 0.167. The van der Waals surface area contributed by atoms with Crippen molar-refractivity contribution in [2.24, 2.45) is 0 Å². The van der Waals surface area contributed by atoms with Crippen LogP contribution < -0.4 is 4.74 Å². The van der Waals surface area contributed by atoms with E-state index < -0.39 is 11.9 Å². The predicted octanol–water partition coefficient (Wildman–Crippen LogP) is 4.62. The van der Waals surface area contributed by atoms with Gasteiger partial charge in [-0.1, -0.05) is 24.3 Å². The average Bonchev–Trinajstić information content (AvgIpc) is 2.67. The maximum absolute atomic E-state index is 12.5. The first-order valence-electron chi connectivity index (χ1n) is 8.22. The van der Waals surface area contributed by atoms with E-state index in [9.17, 15) is 14.7 Å². The quantitative estimate of drug-likeness (QED) is 0.412. The Kier molecular flexibility index (Phi) is 3.97. The lowest BCUT2D eigenvalue weighted by Gasteiger charge is -2.07. The molecule has 0 aromatic heterocycles. The van der Waals surface area contributed by atoms with Crippen molar-refractivity contribution >= 4 is 33.5 Å². The third kappa shape index (κ3) is 3.30. The molecule has 4 aromatic rings. The molecule has 0 heterocycles. The maximum Gasteiger partial charge on any atom is 0.343 e.